The Balaban J connectivity index is 2.25. The van der Waals surface area contributed by atoms with Gasteiger partial charge in [0.1, 0.15) is 0 Å². The number of halogens is 1. The average Bonchev–Trinajstić information content (AvgIpc) is 2.39. The lowest BCUT2D eigenvalue weighted by Gasteiger charge is -2.27. The third-order valence-electron chi connectivity index (χ3n) is 3.03. The molecular weight excluding hydrogens is 258 g/mol. The van der Waals surface area contributed by atoms with Crippen molar-refractivity contribution in [2.24, 2.45) is 5.73 Å². The normalized spacial score (nSPS) is 16.7. The standard InChI is InChI=1S/C15H18ClN3/c1-3-4-15(17)12-7-13(16)10-19(9-12)14-6-5-11(2)18-8-14/h3,5-9,15H,1,4,10,17H2,2H3/t15-/m1/s1. The molecule has 0 aliphatic carbocycles. The van der Waals surface area contributed by atoms with E-state index >= 15 is 0 Å². The SMILES string of the molecule is C=CC[C@@H](N)C1=CN(c2ccc(C)nc2)CC(Cl)=C1. The van der Waals surface area contributed by atoms with E-state index in [1.807, 2.05) is 43.6 Å². The predicted octanol–water partition coefficient (Wildman–Crippen LogP) is 3.12. The summed E-state index contributed by atoms with van der Waals surface area (Å²) in [5.41, 5.74) is 9.12. The highest BCUT2D eigenvalue weighted by Crippen LogP contribution is 2.24. The molecule has 0 fully saturated rings. The van der Waals surface area contributed by atoms with Gasteiger partial charge in [-0.25, -0.2) is 0 Å². The molecule has 2 N–H and O–H groups in total. The number of rotatable bonds is 4. The van der Waals surface area contributed by atoms with Crippen LogP contribution in [0.1, 0.15) is 12.1 Å². The summed E-state index contributed by atoms with van der Waals surface area (Å²) < 4.78 is 0. The second-order valence-corrected chi connectivity index (χ2v) is 5.12. The molecule has 1 aromatic heterocycles. The molecule has 1 atom stereocenters. The van der Waals surface area contributed by atoms with Crippen LogP contribution in [0.3, 0.4) is 0 Å². The van der Waals surface area contributed by atoms with E-state index in [1.54, 1.807) is 0 Å². The van der Waals surface area contributed by atoms with Crippen molar-refractivity contribution < 1.29 is 0 Å². The second kappa shape index (κ2) is 6.04. The van der Waals surface area contributed by atoms with Gasteiger partial charge in [0, 0.05) is 23.0 Å². The number of pyridine rings is 1. The van der Waals surface area contributed by atoms with Gasteiger partial charge in [-0.3, -0.25) is 4.98 Å². The van der Waals surface area contributed by atoms with Crippen molar-refractivity contribution in [2.45, 2.75) is 19.4 Å². The molecule has 0 amide bonds. The fraction of sp³-hybridized carbons (Fsp3) is 0.267. The van der Waals surface area contributed by atoms with E-state index in [1.165, 1.54) is 0 Å². The maximum absolute atomic E-state index is 6.21. The van der Waals surface area contributed by atoms with Gasteiger partial charge in [0.2, 0.25) is 0 Å². The van der Waals surface area contributed by atoms with Crippen molar-refractivity contribution in [3.63, 3.8) is 0 Å². The molecule has 1 aromatic rings. The Morgan fingerprint density at radius 2 is 2.37 bits per heavy atom. The zero-order valence-electron chi connectivity index (χ0n) is 11.0. The molecule has 1 aliphatic heterocycles. The largest absolute Gasteiger partial charge is 0.341 e. The number of aryl methyl sites for hydroxylation is 1. The van der Waals surface area contributed by atoms with Crippen LogP contribution < -0.4 is 10.6 Å². The Hall–Kier alpha value is -1.58. The van der Waals surface area contributed by atoms with E-state index in [9.17, 15) is 0 Å². The lowest BCUT2D eigenvalue weighted by atomic mass is 10.0. The Morgan fingerprint density at radius 3 is 3.00 bits per heavy atom. The minimum absolute atomic E-state index is 0.0764. The third kappa shape index (κ3) is 3.46. The molecule has 4 heteroatoms. The molecule has 3 nitrogen and oxygen atoms in total. The number of hydrogen-bond acceptors (Lipinski definition) is 3. The monoisotopic (exact) mass is 275 g/mol. The molecule has 0 spiro atoms. The molecule has 19 heavy (non-hydrogen) atoms. The van der Waals surface area contributed by atoms with E-state index in [-0.39, 0.29) is 6.04 Å². The molecular formula is C15H18ClN3. The van der Waals surface area contributed by atoms with Gasteiger partial charge in [-0.05, 0) is 37.1 Å². The van der Waals surface area contributed by atoms with Crippen molar-refractivity contribution in [1.29, 1.82) is 0 Å². The molecule has 1 aliphatic rings. The van der Waals surface area contributed by atoms with E-state index in [0.29, 0.717) is 6.54 Å². The predicted molar refractivity (Wildman–Crippen MR) is 81.1 cm³/mol. The van der Waals surface area contributed by atoms with Crippen LogP contribution in [0.15, 0.2) is 53.9 Å². The van der Waals surface area contributed by atoms with E-state index in [4.69, 9.17) is 17.3 Å². The van der Waals surface area contributed by atoms with Crippen LogP contribution >= 0.6 is 11.6 Å². The van der Waals surface area contributed by atoms with Crippen LogP contribution in [0.2, 0.25) is 0 Å². The fourth-order valence-electron chi connectivity index (χ4n) is 1.97. The average molecular weight is 276 g/mol. The van der Waals surface area contributed by atoms with Gasteiger partial charge >= 0.3 is 0 Å². The summed E-state index contributed by atoms with van der Waals surface area (Å²) in [6.45, 7) is 6.33. The highest BCUT2D eigenvalue weighted by Gasteiger charge is 2.16. The number of nitrogens with two attached hydrogens (primary N) is 1. The van der Waals surface area contributed by atoms with Gasteiger partial charge < -0.3 is 10.6 Å². The Labute approximate surface area is 119 Å². The van der Waals surface area contributed by atoms with Gasteiger partial charge in [0.05, 0.1) is 18.4 Å². The highest BCUT2D eigenvalue weighted by atomic mass is 35.5. The van der Waals surface area contributed by atoms with Gasteiger partial charge in [-0.15, -0.1) is 6.58 Å². The lowest BCUT2D eigenvalue weighted by molar-refractivity contribution is 0.789. The van der Waals surface area contributed by atoms with Crippen LogP contribution in [0.25, 0.3) is 0 Å². The molecule has 100 valence electrons. The summed E-state index contributed by atoms with van der Waals surface area (Å²) in [5.74, 6) is 0. The minimum Gasteiger partial charge on any atom is -0.341 e. The van der Waals surface area contributed by atoms with Crippen LogP contribution in [-0.4, -0.2) is 17.6 Å². The molecule has 2 heterocycles. The van der Waals surface area contributed by atoms with Gasteiger partial charge in [-0.2, -0.15) is 0 Å². The minimum atomic E-state index is -0.0764. The third-order valence-corrected chi connectivity index (χ3v) is 3.25. The zero-order chi connectivity index (χ0) is 13.8. The first-order valence-corrected chi connectivity index (χ1v) is 6.61. The van der Waals surface area contributed by atoms with Gasteiger partial charge in [0.25, 0.3) is 0 Å². The molecule has 0 unspecified atom stereocenters. The number of anilines is 1. The van der Waals surface area contributed by atoms with Gasteiger partial charge in [-0.1, -0.05) is 17.7 Å². The molecule has 0 radical (unpaired) electrons. The fourth-order valence-corrected chi connectivity index (χ4v) is 2.22. The topological polar surface area (TPSA) is 42.1 Å². The van der Waals surface area contributed by atoms with Crippen molar-refractivity contribution in [1.82, 2.24) is 4.98 Å². The van der Waals surface area contributed by atoms with Gasteiger partial charge in [0.15, 0.2) is 0 Å². The lowest BCUT2D eigenvalue weighted by Crippen LogP contribution is -2.28. The van der Waals surface area contributed by atoms with Crippen molar-refractivity contribution >= 4 is 17.3 Å². The maximum atomic E-state index is 6.21. The summed E-state index contributed by atoms with van der Waals surface area (Å²) in [4.78, 5) is 6.37. The Kier molecular flexibility index (Phi) is 4.40. The molecule has 0 bridgehead atoms. The summed E-state index contributed by atoms with van der Waals surface area (Å²) in [7, 11) is 0. The quantitative estimate of drug-likeness (QED) is 0.859. The van der Waals surface area contributed by atoms with E-state index in [0.717, 1.165) is 28.4 Å². The summed E-state index contributed by atoms with van der Waals surface area (Å²) >= 11 is 6.21. The van der Waals surface area contributed by atoms with Crippen molar-refractivity contribution in [3.8, 4) is 0 Å². The number of hydrogen-bond donors (Lipinski definition) is 1. The molecule has 0 saturated carbocycles. The van der Waals surface area contributed by atoms with Crippen LogP contribution in [-0.2, 0) is 0 Å². The Morgan fingerprint density at radius 1 is 1.58 bits per heavy atom. The summed E-state index contributed by atoms with van der Waals surface area (Å²) in [6.07, 6.45) is 8.37. The van der Waals surface area contributed by atoms with Crippen LogP contribution in [0, 0.1) is 6.92 Å². The Bertz CT molecular complexity index is 517. The van der Waals surface area contributed by atoms with E-state index in [2.05, 4.69) is 16.5 Å². The zero-order valence-corrected chi connectivity index (χ0v) is 11.8. The first-order valence-electron chi connectivity index (χ1n) is 6.23. The van der Waals surface area contributed by atoms with E-state index < -0.39 is 0 Å². The summed E-state index contributed by atoms with van der Waals surface area (Å²) in [5, 5.41) is 0.776. The van der Waals surface area contributed by atoms with Crippen molar-refractivity contribution in [2.75, 3.05) is 11.4 Å². The first-order chi connectivity index (χ1) is 9.10. The molecule has 0 saturated heterocycles. The molecule has 2 rings (SSSR count). The highest BCUT2D eigenvalue weighted by molar-refractivity contribution is 6.30. The molecule has 0 aromatic carbocycles. The van der Waals surface area contributed by atoms with Crippen LogP contribution in [0.5, 0.6) is 0 Å². The second-order valence-electron chi connectivity index (χ2n) is 4.64. The number of aromatic nitrogens is 1. The van der Waals surface area contributed by atoms with Crippen LogP contribution in [0.4, 0.5) is 5.69 Å². The summed E-state index contributed by atoms with van der Waals surface area (Å²) in [6, 6.07) is 3.94. The smallest absolute Gasteiger partial charge is 0.0596 e. The van der Waals surface area contributed by atoms with Crippen molar-refractivity contribution in [3.05, 3.63) is 59.6 Å². The number of nitrogens with zero attached hydrogens (tertiary/aromatic N) is 2. The first kappa shape index (κ1) is 13.8. The maximum Gasteiger partial charge on any atom is 0.0596 e.